The second-order valence-electron chi connectivity index (χ2n) is 3.05. The Morgan fingerprint density at radius 3 is 2.62 bits per heavy atom. The second kappa shape index (κ2) is 6.19. The van der Waals surface area contributed by atoms with Crippen LogP contribution in [0.4, 0.5) is 0 Å². The Morgan fingerprint density at radius 1 is 1.31 bits per heavy atom. The number of benzene rings is 1. The Hall–Kier alpha value is -0.310. The largest absolute Gasteiger partial charge is 0.0829 e. The minimum atomic E-state index is 0.776. The van der Waals surface area contributed by atoms with Crippen molar-refractivity contribution in [1.29, 1.82) is 0 Å². The van der Waals surface area contributed by atoms with Gasteiger partial charge in [-0.25, -0.2) is 0 Å². The van der Waals surface area contributed by atoms with Gasteiger partial charge in [0.25, 0.3) is 0 Å². The molecule has 13 heavy (non-hydrogen) atoms. The molecule has 0 bridgehead atoms. The summed E-state index contributed by atoms with van der Waals surface area (Å²) in [5.41, 5.74) is 1.29. The lowest BCUT2D eigenvalue weighted by Gasteiger charge is -2.00. The maximum absolute atomic E-state index is 2.50. The van der Waals surface area contributed by atoms with E-state index >= 15 is 0 Å². The first-order valence-electron chi connectivity index (χ1n) is 4.68. The van der Waals surface area contributed by atoms with E-state index in [0.717, 1.165) is 3.92 Å². The van der Waals surface area contributed by atoms with Gasteiger partial charge < -0.3 is 0 Å². The van der Waals surface area contributed by atoms with Crippen LogP contribution >= 0.6 is 22.6 Å². The van der Waals surface area contributed by atoms with Gasteiger partial charge in [0.2, 0.25) is 0 Å². The molecular formula is C12H15I. The topological polar surface area (TPSA) is 0 Å². The van der Waals surface area contributed by atoms with Gasteiger partial charge in [-0.05, 0) is 18.4 Å². The fourth-order valence-electron chi connectivity index (χ4n) is 1.08. The summed E-state index contributed by atoms with van der Waals surface area (Å²) in [6, 6.07) is 10.4. The Kier molecular flexibility index (Phi) is 5.13. The zero-order valence-corrected chi connectivity index (χ0v) is 10.1. The normalized spacial score (nSPS) is 13.4. The summed E-state index contributed by atoms with van der Waals surface area (Å²) in [5, 5.41) is 0. The number of hydrogen-bond donors (Lipinski definition) is 0. The van der Waals surface area contributed by atoms with Crippen LogP contribution in [0.15, 0.2) is 36.4 Å². The summed E-state index contributed by atoms with van der Waals surface area (Å²) in [7, 11) is 0. The minimum absolute atomic E-state index is 0.776. The molecule has 0 spiro atoms. The lowest BCUT2D eigenvalue weighted by atomic mass is 10.2. The zero-order chi connectivity index (χ0) is 9.52. The summed E-state index contributed by atoms with van der Waals surface area (Å²) in [5.74, 6) is 0. The number of hydrogen-bond acceptors (Lipinski definition) is 0. The average Bonchev–Trinajstić information content (AvgIpc) is 2.19. The standard InChI is InChI=1S/C12H15I/c1-2-12(13)10-6-9-11-7-4-3-5-8-11/h3-9,12H,2,10H2,1H3. The summed E-state index contributed by atoms with van der Waals surface area (Å²) < 4.78 is 0.776. The molecule has 0 aliphatic heterocycles. The van der Waals surface area contributed by atoms with Crippen LogP contribution in [-0.4, -0.2) is 3.92 Å². The second-order valence-corrected chi connectivity index (χ2v) is 4.82. The Morgan fingerprint density at radius 2 is 2.00 bits per heavy atom. The molecule has 0 amide bonds. The minimum Gasteiger partial charge on any atom is -0.0829 e. The number of alkyl halides is 1. The van der Waals surface area contributed by atoms with Crippen molar-refractivity contribution in [2.45, 2.75) is 23.7 Å². The van der Waals surface area contributed by atoms with Crippen molar-refractivity contribution in [3.8, 4) is 0 Å². The highest BCUT2D eigenvalue weighted by molar-refractivity contribution is 14.1. The van der Waals surface area contributed by atoms with Gasteiger partial charge in [0.1, 0.15) is 0 Å². The van der Waals surface area contributed by atoms with Gasteiger partial charge in [-0.15, -0.1) is 0 Å². The molecule has 1 atom stereocenters. The van der Waals surface area contributed by atoms with E-state index < -0.39 is 0 Å². The Balaban J connectivity index is 2.41. The summed E-state index contributed by atoms with van der Waals surface area (Å²) in [4.78, 5) is 0. The predicted octanol–water partition coefficient (Wildman–Crippen LogP) is 4.30. The van der Waals surface area contributed by atoms with Crippen LogP contribution in [0.2, 0.25) is 0 Å². The van der Waals surface area contributed by atoms with E-state index in [-0.39, 0.29) is 0 Å². The molecule has 70 valence electrons. The van der Waals surface area contributed by atoms with E-state index in [0.29, 0.717) is 0 Å². The van der Waals surface area contributed by atoms with Crippen LogP contribution in [0.25, 0.3) is 6.08 Å². The van der Waals surface area contributed by atoms with Gasteiger partial charge in [-0.1, -0.05) is 72.0 Å². The van der Waals surface area contributed by atoms with E-state index in [4.69, 9.17) is 0 Å². The highest BCUT2D eigenvalue weighted by atomic mass is 127. The Labute approximate surface area is 94.2 Å². The van der Waals surface area contributed by atoms with E-state index in [1.54, 1.807) is 0 Å². The number of rotatable bonds is 4. The summed E-state index contributed by atoms with van der Waals surface area (Å²) in [6.07, 6.45) is 6.88. The van der Waals surface area contributed by atoms with Crippen molar-refractivity contribution in [3.05, 3.63) is 42.0 Å². The lowest BCUT2D eigenvalue weighted by molar-refractivity contribution is 0.868. The third-order valence-electron chi connectivity index (χ3n) is 1.94. The van der Waals surface area contributed by atoms with E-state index in [1.165, 1.54) is 18.4 Å². The first-order chi connectivity index (χ1) is 6.33. The van der Waals surface area contributed by atoms with Crippen LogP contribution in [0.3, 0.4) is 0 Å². The fraction of sp³-hybridized carbons (Fsp3) is 0.333. The Bertz CT molecular complexity index is 251. The van der Waals surface area contributed by atoms with Crippen LogP contribution in [0.5, 0.6) is 0 Å². The number of allylic oxidation sites excluding steroid dienone is 1. The molecule has 0 saturated heterocycles. The maximum atomic E-state index is 2.50. The highest BCUT2D eigenvalue weighted by Crippen LogP contribution is 2.11. The van der Waals surface area contributed by atoms with Gasteiger partial charge in [0.15, 0.2) is 0 Å². The molecule has 1 aromatic carbocycles. The van der Waals surface area contributed by atoms with Crippen molar-refractivity contribution in [3.63, 3.8) is 0 Å². The molecule has 1 rings (SSSR count). The molecule has 1 heteroatoms. The van der Waals surface area contributed by atoms with E-state index in [9.17, 15) is 0 Å². The molecule has 1 aromatic rings. The van der Waals surface area contributed by atoms with Crippen LogP contribution in [0.1, 0.15) is 25.3 Å². The van der Waals surface area contributed by atoms with Crippen molar-refractivity contribution < 1.29 is 0 Å². The van der Waals surface area contributed by atoms with E-state index in [2.05, 4.69) is 65.9 Å². The first kappa shape index (κ1) is 10.8. The van der Waals surface area contributed by atoms with Crippen molar-refractivity contribution in [1.82, 2.24) is 0 Å². The molecule has 0 fully saturated rings. The van der Waals surface area contributed by atoms with Crippen LogP contribution in [-0.2, 0) is 0 Å². The van der Waals surface area contributed by atoms with Gasteiger partial charge in [-0.3, -0.25) is 0 Å². The molecule has 0 aliphatic carbocycles. The molecular weight excluding hydrogens is 271 g/mol. The monoisotopic (exact) mass is 286 g/mol. The fourth-order valence-corrected chi connectivity index (χ4v) is 1.38. The smallest absolute Gasteiger partial charge is 0.0142 e. The number of halogens is 1. The van der Waals surface area contributed by atoms with E-state index in [1.807, 2.05) is 6.07 Å². The van der Waals surface area contributed by atoms with Crippen molar-refractivity contribution in [2.75, 3.05) is 0 Å². The molecule has 0 aliphatic rings. The van der Waals surface area contributed by atoms with Crippen LogP contribution < -0.4 is 0 Å². The van der Waals surface area contributed by atoms with Gasteiger partial charge in [0.05, 0.1) is 0 Å². The molecule has 0 aromatic heterocycles. The summed E-state index contributed by atoms with van der Waals surface area (Å²) in [6.45, 7) is 2.23. The molecule has 0 radical (unpaired) electrons. The average molecular weight is 286 g/mol. The maximum Gasteiger partial charge on any atom is 0.0142 e. The van der Waals surface area contributed by atoms with Crippen LogP contribution in [0, 0.1) is 0 Å². The third kappa shape index (κ3) is 4.46. The third-order valence-corrected chi connectivity index (χ3v) is 3.33. The molecule has 0 nitrogen and oxygen atoms in total. The zero-order valence-electron chi connectivity index (χ0n) is 7.91. The van der Waals surface area contributed by atoms with Gasteiger partial charge in [0, 0.05) is 3.92 Å². The highest BCUT2D eigenvalue weighted by Gasteiger charge is 1.95. The molecule has 1 unspecified atom stereocenters. The van der Waals surface area contributed by atoms with Gasteiger partial charge in [-0.2, -0.15) is 0 Å². The molecule has 0 saturated carbocycles. The van der Waals surface area contributed by atoms with Crippen molar-refractivity contribution in [2.24, 2.45) is 0 Å². The molecule has 0 heterocycles. The predicted molar refractivity (Wildman–Crippen MR) is 68.2 cm³/mol. The quantitative estimate of drug-likeness (QED) is 0.571. The lowest BCUT2D eigenvalue weighted by Crippen LogP contribution is -1.90. The SMILES string of the molecule is CCC(I)CC=Cc1ccccc1. The van der Waals surface area contributed by atoms with Crippen molar-refractivity contribution >= 4 is 28.7 Å². The summed E-state index contributed by atoms with van der Waals surface area (Å²) >= 11 is 2.50. The first-order valence-corrected chi connectivity index (χ1v) is 5.93. The van der Waals surface area contributed by atoms with Gasteiger partial charge >= 0.3 is 0 Å². The molecule has 0 N–H and O–H groups in total.